The van der Waals surface area contributed by atoms with E-state index >= 15 is 0 Å². The predicted molar refractivity (Wildman–Crippen MR) is 60.9 cm³/mol. The third kappa shape index (κ3) is 3.43. The third-order valence-electron chi connectivity index (χ3n) is 1.90. The topological polar surface area (TPSA) is 0 Å². The summed E-state index contributed by atoms with van der Waals surface area (Å²) in [5.74, 6) is 0. The molecule has 96 valence electrons. The maximum Gasteiger partial charge on any atom is 0.417 e. The van der Waals surface area contributed by atoms with E-state index in [4.69, 9.17) is 0 Å². The molecular formula is C9H5F6IS. The van der Waals surface area contributed by atoms with Crippen molar-refractivity contribution >= 4 is 34.4 Å². The molecule has 0 saturated heterocycles. The average molecular weight is 386 g/mol. The van der Waals surface area contributed by atoms with Crippen molar-refractivity contribution in [2.24, 2.45) is 0 Å². The molecule has 0 nitrogen and oxygen atoms in total. The van der Waals surface area contributed by atoms with Crippen molar-refractivity contribution in [3.05, 3.63) is 26.8 Å². The van der Waals surface area contributed by atoms with Gasteiger partial charge in [-0.15, -0.1) is 11.8 Å². The molecule has 0 unspecified atom stereocenters. The lowest BCUT2D eigenvalue weighted by Crippen LogP contribution is -2.13. The normalized spacial score (nSPS) is 12.9. The summed E-state index contributed by atoms with van der Waals surface area (Å²) in [7, 11) is 0. The SMILES string of the molecule is CSc1cc(C(F)(F)F)c(I)cc1C(F)(F)F. The van der Waals surface area contributed by atoms with E-state index in [2.05, 4.69) is 0 Å². The van der Waals surface area contributed by atoms with E-state index in [1.807, 2.05) is 0 Å². The number of hydrogen-bond donors (Lipinski definition) is 0. The first kappa shape index (κ1) is 14.9. The maximum atomic E-state index is 12.5. The average Bonchev–Trinajstić information content (AvgIpc) is 2.14. The van der Waals surface area contributed by atoms with Crippen LogP contribution in [-0.4, -0.2) is 6.26 Å². The Labute approximate surface area is 111 Å². The van der Waals surface area contributed by atoms with Crippen LogP contribution < -0.4 is 0 Å². The third-order valence-corrected chi connectivity index (χ3v) is 3.57. The van der Waals surface area contributed by atoms with Gasteiger partial charge in [0.25, 0.3) is 0 Å². The van der Waals surface area contributed by atoms with Gasteiger partial charge in [-0.3, -0.25) is 0 Å². The Morgan fingerprint density at radius 2 is 1.41 bits per heavy atom. The molecule has 0 aliphatic rings. The smallest absolute Gasteiger partial charge is 0.166 e. The molecule has 17 heavy (non-hydrogen) atoms. The summed E-state index contributed by atoms with van der Waals surface area (Å²) in [5, 5.41) is 0. The molecule has 1 aromatic carbocycles. The number of halogens is 7. The second-order valence-electron chi connectivity index (χ2n) is 3.03. The first-order chi connectivity index (χ1) is 7.57. The Hall–Kier alpha value is -0.120. The van der Waals surface area contributed by atoms with Gasteiger partial charge < -0.3 is 0 Å². The van der Waals surface area contributed by atoms with Crippen LogP contribution in [0.25, 0.3) is 0 Å². The molecule has 0 amide bonds. The maximum absolute atomic E-state index is 12.5. The molecule has 1 rings (SSSR count). The molecule has 0 spiro atoms. The first-order valence-electron chi connectivity index (χ1n) is 4.09. The molecule has 0 aliphatic carbocycles. The van der Waals surface area contributed by atoms with Crippen LogP contribution in [0.15, 0.2) is 17.0 Å². The molecule has 0 atom stereocenters. The van der Waals surface area contributed by atoms with Crippen LogP contribution in [0.4, 0.5) is 26.3 Å². The van der Waals surface area contributed by atoms with Crippen molar-refractivity contribution in [3.8, 4) is 0 Å². The summed E-state index contributed by atoms with van der Waals surface area (Å²) < 4.78 is 74.7. The van der Waals surface area contributed by atoms with E-state index in [0.29, 0.717) is 23.9 Å². The van der Waals surface area contributed by atoms with E-state index in [0.717, 1.165) is 0 Å². The van der Waals surface area contributed by atoms with Crippen LogP contribution in [0.2, 0.25) is 0 Å². The lowest BCUT2D eigenvalue weighted by molar-refractivity contribution is -0.143. The van der Waals surface area contributed by atoms with Crippen LogP contribution in [0.3, 0.4) is 0 Å². The number of benzene rings is 1. The molecule has 0 heterocycles. The molecule has 1 aromatic rings. The summed E-state index contributed by atoms with van der Waals surface area (Å²) in [6.07, 6.45) is -7.99. The highest BCUT2D eigenvalue weighted by atomic mass is 127. The largest absolute Gasteiger partial charge is 0.417 e. The number of thioether (sulfide) groups is 1. The van der Waals surface area contributed by atoms with Crippen LogP contribution in [0.1, 0.15) is 11.1 Å². The van der Waals surface area contributed by atoms with Gasteiger partial charge >= 0.3 is 12.4 Å². The second-order valence-corrected chi connectivity index (χ2v) is 5.04. The van der Waals surface area contributed by atoms with E-state index < -0.39 is 31.9 Å². The highest BCUT2D eigenvalue weighted by molar-refractivity contribution is 14.1. The quantitative estimate of drug-likeness (QED) is 0.370. The van der Waals surface area contributed by atoms with Crippen molar-refractivity contribution in [2.45, 2.75) is 17.2 Å². The van der Waals surface area contributed by atoms with Gasteiger partial charge in [-0.05, 0) is 41.0 Å². The fourth-order valence-electron chi connectivity index (χ4n) is 1.16. The zero-order valence-corrected chi connectivity index (χ0v) is 11.2. The van der Waals surface area contributed by atoms with Gasteiger partial charge in [-0.1, -0.05) is 0 Å². The number of alkyl halides is 6. The number of rotatable bonds is 1. The van der Waals surface area contributed by atoms with Gasteiger partial charge in [0.2, 0.25) is 0 Å². The molecule has 0 radical (unpaired) electrons. The molecule has 0 aliphatic heterocycles. The molecule has 0 fully saturated rings. The first-order valence-corrected chi connectivity index (χ1v) is 6.39. The van der Waals surface area contributed by atoms with Crippen LogP contribution in [0, 0.1) is 3.57 Å². The minimum absolute atomic E-state index is 0.426. The van der Waals surface area contributed by atoms with Crippen LogP contribution >= 0.6 is 34.4 Å². The highest BCUT2D eigenvalue weighted by Gasteiger charge is 2.38. The van der Waals surface area contributed by atoms with Gasteiger partial charge in [-0.25, -0.2) is 0 Å². The molecule has 0 saturated carbocycles. The molecule has 8 heteroatoms. The van der Waals surface area contributed by atoms with Crippen molar-refractivity contribution in [3.63, 3.8) is 0 Å². The zero-order valence-electron chi connectivity index (χ0n) is 8.21. The van der Waals surface area contributed by atoms with E-state index in [1.54, 1.807) is 0 Å². The van der Waals surface area contributed by atoms with Gasteiger partial charge in [0.15, 0.2) is 0 Å². The van der Waals surface area contributed by atoms with E-state index in [-0.39, 0.29) is 0 Å². The fraction of sp³-hybridized carbons (Fsp3) is 0.333. The minimum Gasteiger partial charge on any atom is -0.166 e. The highest BCUT2D eigenvalue weighted by Crippen LogP contribution is 2.41. The summed E-state index contributed by atoms with van der Waals surface area (Å²) in [4.78, 5) is -0.426. The van der Waals surface area contributed by atoms with Gasteiger partial charge in [-0.2, -0.15) is 26.3 Å². The van der Waals surface area contributed by atoms with Crippen molar-refractivity contribution in [2.75, 3.05) is 6.26 Å². The van der Waals surface area contributed by atoms with Gasteiger partial charge in [0.05, 0.1) is 11.1 Å². The Bertz CT molecular complexity index is 423. The van der Waals surface area contributed by atoms with Crippen molar-refractivity contribution in [1.29, 1.82) is 0 Å². The Morgan fingerprint density at radius 1 is 0.941 bits per heavy atom. The van der Waals surface area contributed by atoms with Crippen LogP contribution in [0.5, 0.6) is 0 Å². The lowest BCUT2D eigenvalue weighted by atomic mass is 10.1. The standard InChI is InChI=1S/C9H5F6IS/c1-17-7-3-4(8(10,11)12)6(16)2-5(7)9(13,14)15/h2-3H,1H3. The lowest BCUT2D eigenvalue weighted by Gasteiger charge is -2.16. The van der Waals surface area contributed by atoms with E-state index in [9.17, 15) is 26.3 Å². The fourth-order valence-corrected chi connectivity index (χ4v) is 2.56. The van der Waals surface area contributed by atoms with Crippen LogP contribution in [-0.2, 0) is 12.4 Å². The van der Waals surface area contributed by atoms with Crippen molar-refractivity contribution < 1.29 is 26.3 Å². The molecule has 0 aromatic heterocycles. The Balaban J connectivity index is 3.46. The molecular weight excluding hydrogens is 381 g/mol. The number of hydrogen-bond acceptors (Lipinski definition) is 1. The van der Waals surface area contributed by atoms with Gasteiger partial charge in [0, 0.05) is 8.47 Å². The zero-order chi connectivity index (χ0) is 13.4. The van der Waals surface area contributed by atoms with Gasteiger partial charge in [0.1, 0.15) is 0 Å². The Morgan fingerprint density at radius 3 is 1.76 bits per heavy atom. The monoisotopic (exact) mass is 386 g/mol. The molecule has 0 bridgehead atoms. The second kappa shape index (κ2) is 4.87. The summed E-state index contributed by atoms with van der Waals surface area (Å²) in [6, 6.07) is 1.06. The van der Waals surface area contributed by atoms with E-state index in [1.165, 1.54) is 28.8 Å². The summed E-state index contributed by atoms with van der Waals surface area (Å²) in [5.41, 5.74) is -2.09. The minimum atomic E-state index is -4.65. The molecule has 0 N–H and O–H groups in total. The van der Waals surface area contributed by atoms with Crippen molar-refractivity contribution in [1.82, 2.24) is 0 Å². The summed E-state index contributed by atoms with van der Waals surface area (Å²) in [6.45, 7) is 0. The Kier molecular flexibility index (Phi) is 4.28. The summed E-state index contributed by atoms with van der Waals surface area (Å²) >= 11 is 1.89. The predicted octanol–water partition coefficient (Wildman–Crippen LogP) is 5.05.